The van der Waals surface area contributed by atoms with Crippen LogP contribution in [0, 0.1) is 6.92 Å². The number of nitrogens with zero attached hydrogens (tertiary/aromatic N) is 2. The molecule has 7 heteroatoms. The van der Waals surface area contributed by atoms with Gasteiger partial charge in [0.15, 0.2) is 4.96 Å². The van der Waals surface area contributed by atoms with Gasteiger partial charge in [-0.25, -0.2) is 4.98 Å². The highest BCUT2D eigenvalue weighted by atomic mass is 32.1. The van der Waals surface area contributed by atoms with E-state index in [1.54, 1.807) is 6.20 Å². The first-order valence-corrected chi connectivity index (χ1v) is 6.41. The fourth-order valence-corrected chi connectivity index (χ4v) is 2.36. The lowest BCUT2D eigenvalue weighted by Crippen LogP contribution is -2.33. The molecule has 0 saturated heterocycles. The number of hydrogen-bond acceptors (Lipinski definition) is 4. The molecule has 0 saturated carbocycles. The van der Waals surface area contributed by atoms with Crippen molar-refractivity contribution in [3.63, 3.8) is 0 Å². The van der Waals surface area contributed by atoms with Crippen LogP contribution in [-0.2, 0) is 4.79 Å². The minimum Gasteiger partial charge on any atom is -0.355 e. The molecule has 2 rings (SSSR count). The molecule has 0 bridgehead atoms. The Morgan fingerprint density at radius 2 is 2.11 bits per heavy atom. The van der Waals surface area contributed by atoms with Crippen molar-refractivity contribution in [1.82, 2.24) is 20.0 Å². The molecule has 18 heavy (non-hydrogen) atoms. The SMILES string of the molecule is CC(=O)NCCNC(=O)c1cn2c(C)csc2n1. The molecule has 0 spiro atoms. The average Bonchev–Trinajstić information content (AvgIpc) is 2.87. The zero-order chi connectivity index (χ0) is 13.1. The molecule has 2 amide bonds. The third-order valence-electron chi connectivity index (χ3n) is 2.41. The van der Waals surface area contributed by atoms with Crippen LogP contribution in [0.1, 0.15) is 23.1 Å². The Labute approximate surface area is 108 Å². The van der Waals surface area contributed by atoms with Crippen LogP contribution in [0.4, 0.5) is 0 Å². The molecule has 2 N–H and O–H groups in total. The minimum atomic E-state index is -0.226. The summed E-state index contributed by atoms with van der Waals surface area (Å²) in [6.07, 6.45) is 1.72. The number of aromatic nitrogens is 2. The van der Waals surface area contributed by atoms with E-state index in [2.05, 4.69) is 15.6 Å². The highest BCUT2D eigenvalue weighted by molar-refractivity contribution is 7.15. The molecule has 0 aliphatic rings. The second-order valence-corrected chi connectivity index (χ2v) is 4.73. The van der Waals surface area contributed by atoms with Crippen molar-refractivity contribution < 1.29 is 9.59 Å². The van der Waals surface area contributed by atoms with Gasteiger partial charge in [0.05, 0.1) is 0 Å². The van der Waals surface area contributed by atoms with Crippen LogP contribution in [0.5, 0.6) is 0 Å². The normalized spacial score (nSPS) is 10.6. The van der Waals surface area contributed by atoms with E-state index in [-0.39, 0.29) is 11.8 Å². The van der Waals surface area contributed by atoms with Crippen LogP contribution >= 0.6 is 11.3 Å². The fraction of sp³-hybridized carbons (Fsp3) is 0.364. The highest BCUT2D eigenvalue weighted by Gasteiger charge is 2.11. The largest absolute Gasteiger partial charge is 0.355 e. The van der Waals surface area contributed by atoms with E-state index in [1.165, 1.54) is 18.3 Å². The molecule has 6 nitrogen and oxygen atoms in total. The van der Waals surface area contributed by atoms with Gasteiger partial charge in [0.2, 0.25) is 5.91 Å². The summed E-state index contributed by atoms with van der Waals surface area (Å²) in [5.74, 6) is -0.335. The van der Waals surface area contributed by atoms with Crippen LogP contribution < -0.4 is 10.6 Å². The Bertz CT molecular complexity index is 587. The van der Waals surface area contributed by atoms with Gasteiger partial charge in [-0.1, -0.05) is 0 Å². The molecular formula is C11H14N4O2S. The summed E-state index contributed by atoms with van der Waals surface area (Å²) in [7, 11) is 0. The predicted molar refractivity (Wildman–Crippen MR) is 68.8 cm³/mol. The van der Waals surface area contributed by atoms with Crippen LogP contribution in [0.2, 0.25) is 0 Å². The van der Waals surface area contributed by atoms with Gasteiger partial charge in [-0.3, -0.25) is 14.0 Å². The molecule has 2 heterocycles. The summed E-state index contributed by atoms with van der Waals surface area (Å²) in [5, 5.41) is 7.29. The highest BCUT2D eigenvalue weighted by Crippen LogP contribution is 2.15. The molecule has 2 aromatic rings. The molecule has 0 radical (unpaired) electrons. The molecule has 0 aromatic carbocycles. The van der Waals surface area contributed by atoms with E-state index in [0.29, 0.717) is 18.8 Å². The molecular weight excluding hydrogens is 252 g/mol. The maximum absolute atomic E-state index is 11.8. The van der Waals surface area contributed by atoms with Crippen molar-refractivity contribution in [2.45, 2.75) is 13.8 Å². The molecule has 2 aromatic heterocycles. The zero-order valence-electron chi connectivity index (χ0n) is 10.2. The van der Waals surface area contributed by atoms with Gasteiger partial charge < -0.3 is 10.6 Å². The number of fused-ring (bicyclic) bond motifs is 1. The maximum atomic E-state index is 11.8. The third-order valence-corrected chi connectivity index (χ3v) is 3.36. The molecule has 0 unspecified atom stereocenters. The number of amides is 2. The quantitative estimate of drug-likeness (QED) is 0.794. The molecule has 0 atom stereocenters. The van der Waals surface area contributed by atoms with E-state index in [0.717, 1.165) is 10.7 Å². The van der Waals surface area contributed by atoms with Crippen LogP contribution in [-0.4, -0.2) is 34.3 Å². The lowest BCUT2D eigenvalue weighted by molar-refractivity contribution is -0.118. The van der Waals surface area contributed by atoms with Crippen molar-refractivity contribution in [3.05, 3.63) is 23.0 Å². The van der Waals surface area contributed by atoms with Crippen LogP contribution in [0.15, 0.2) is 11.6 Å². The Morgan fingerprint density at radius 1 is 1.39 bits per heavy atom. The summed E-state index contributed by atoms with van der Waals surface area (Å²) in [6, 6.07) is 0. The zero-order valence-corrected chi connectivity index (χ0v) is 11.0. The summed E-state index contributed by atoms with van der Waals surface area (Å²) < 4.78 is 1.88. The lowest BCUT2D eigenvalue weighted by atomic mass is 10.4. The first kappa shape index (κ1) is 12.6. The summed E-state index contributed by atoms with van der Waals surface area (Å²) in [4.78, 5) is 27.4. The van der Waals surface area contributed by atoms with Crippen LogP contribution in [0.3, 0.4) is 0 Å². The second kappa shape index (κ2) is 5.18. The lowest BCUT2D eigenvalue weighted by Gasteiger charge is -2.03. The Kier molecular flexibility index (Phi) is 3.61. The second-order valence-electron chi connectivity index (χ2n) is 3.89. The van der Waals surface area contributed by atoms with E-state index in [9.17, 15) is 9.59 Å². The first-order chi connectivity index (χ1) is 8.58. The van der Waals surface area contributed by atoms with E-state index in [4.69, 9.17) is 0 Å². The summed E-state index contributed by atoms with van der Waals surface area (Å²) >= 11 is 1.50. The van der Waals surface area contributed by atoms with Crippen molar-refractivity contribution >= 4 is 28.1 Å². The van der Waals surface area contributed by atoms with Gasteiger partial charge in [-0.15, -0.1) is 11.3 Å². The number of carbonyl (C=O) groups is 2. The smallest absolute Gasteiger partial charge is 0.271 e. The first-order valence-electron chi connectivity index (χ1n) is 5.54. The number of aryl methyl sites for hydroxylation is 1. The summed E-state index contributed by atoms with van der Waals surface area (Å²) in [6.45, 7) is 4.21. The average molecular weight is 266 g/mol. The fourth-order valence-electron chi connectivity index (χ4n) is 1.51. The van der Waals surface area contributed by atoms with Crippen molar-refractivity contribution in [2.24, 2.45) is 0 Å². The molecule has 0 fully saturated rings. The molecule has 0 aliphatic heterocycles. The third kappa shape index (κ3) is 2.67. The predicted octanol–water partition coefficient (Wildman–Crippen LogP) is 0.570. The van der Waals surface area contributed by atoms with E-state index < -0.39 is 0 Å². The van der Waals surface area contributed by atoms with E-state index in [1.807, 2.05) is 16.7 Å². The van der Waals surface area contributed by atoms with Crippen LogP contribution in [0.25, 0.3) is 4.96 Å². The number of imidazole rings is 1. The summed E-state index contributed by atoms with van der Waals surface area (Å²) in [5.41, 5.74) is 1.45. The van der Waals surface area contributed by atoms with Gasteiger partial charge >= 0.3 is 0 Å². The minimum absolute atomic E-state index is 0.109. The van der Waals surface area contributed by atoms with Gasteiger partial charge in [-0.05, 0) is 6.92 Å². The van der Waals surface area contributed by atoms with E-state index >= 15 is 0 Å². The Balaban J connectivity index is 1.94. The number of carbonyl (C=O) groups excluding carboxylic acids is 2. The molecule has 96 valence electrons. The van der Waals surface area contributed by atoms with Crippen molar-refractivity contribution in [3.8, 4) is 0 Å². The van der Waals surface area contributed by atoms with Gasteiger partial charge in [0, 0.05) is 37.3 Å². The van der Waals surface area contributed by atoms with Gasteiger partial charge in [0.25, 0.3) is 5.91 Å². The van der Waals surface area contributed by atoms with Gasteiger partial charge in [0.1, 0.15) is 5.69 Å². The van der Waals surface area contributed by atoms with Crippen molar-refractivity contribution in [1.29, 1.82) is 0 Å². The Morgan fingerprint density at radius 3 is 2.78 bits per heavy atom. The van der Waals surface area contributed by atoms with Crippen molar-refractivity contribution in [2.75, 3.05) is 13.1 Å². The topological polar surface area (TPSA) is 75.5 Å². The monoisotopic (exact) mass is 266 g/mol. The number of nitrogens with one attached hydrogen (secondary N) is 2. The molecule has 0 aliphatic carbocycles. The number of thiazole rings is 1. The van der Waals surface area contributed by atoms with Gasteiger partial charge in [-0.2, -0.15) is 0 Å². The standard InChI is InChI=1S/C11H14N4O2S/c1-7-6-18-11-14-9(5-15(7)11)10(17)13-4-3-12-8(2)16/h5-6H,3-4H2,1-2H3,(H,12,16)(H,13,17). The number of rotatable bonds is 4. The Hall–Kier alpha value is -1.89. The number of hydrogen-bond donors (Lipinski definition) is 2. The maximum Gasteiger partial charge on any atom is 0.271 e.